The van der Waals surface area contributed by atoms with E-state index in [2.05, 4.69) is 4.98 Å². The average Bonchev–Trinajstić information content (AvgIpc) is 3.22. The number of rotatable bonds is 6. The molecular formula is C25H26F6N4. The number of fused-ring (bicyclic) bond motifs is 3. The first kappa shape index (κ1) is 25.1. The molecule has 4 aromatic rings. The molecule has 188 valence electrons. The molecule has 35 heavy (non-hydrogen) atoms. The standard InChI is InChI=1S/C25H26F6N4/c1-5-10-33(14-24(26,27)28)13-20-22(25(29,30)31)32-23-34(20)18-8-6-7-9-19(18)35(23)21-16(3)11-15(2)12-17(21)4/h6-9,11-12H,5,10,13-14H2,1-4H3. The zero-order chi connectivity index (χ0) is 25.7. The molecule has 0 atom stereocenters. The Balaban J connectivity index is 2.06. The number of alkyl halides is 6. The first-order valence-electron chi connectivity index (χ1n) is 11.3. The lowest BCUT2D eigenvalue weighted by molar-refractivity contribution is -0.148. The summed E-state index contributed by atoms with van der Waals surface area (Å²) in [6.07, 6.45) is -9.01. The first-order chi connectivity index (χ1) is 16.3. The van der Waals surface area contributed by atoms with Gasteiger partial charge < -0.3 is 0 Å². The van der Waals surface area contributed by atoms with Crippen LogP contribution >= 0.6 is 0 Å². The molecule has 2 aromatic heterocycles. The van der Waals surface area contributed by atoms with Gasteiger partial charge in [0.25, 0.3) is 0 Å². The van der Waals surface area contributed by atoms with Gasteiger partial charge in [-0.15, -0.1) is 0 Å². The monoisotopic (exact) mass is 496 g/mol. The van der Waals surface area contributed by atoms with Crippen molar-refractivity contribution in [2.75, 3.05) is 13.1 Å². The van der Waals surface area contributed by atoms with Gasteiger partial charge in [0.1, 0.15) is 0 Å². The van der Waals surface area contributed by atoms with E-state index in [1.807, 2.05) is 32.9 Å². The predicted molar refractivity (Wildman–Crippen MR) is 123 cm³/mol. The molecule has 0 radical (unpaired) electrons. The van der Waals surface area contributed by atoms with E-state index in [1.165, 1.54) is 4.40 Å². The maximum atomic E-state index is 14.2. The molecule has 4 rings (SSSR count). The highest BCUT2D eigenvalue weighted by Crippen LogP contribution is 2.37. The average molecular weight is 496 g/mol. The number of benzene rings is 2. The molecule has 2 aromatic carbocycles. The molecule has 0 saturated carbocycles. The molecule has 0 fully saturated rings. The molecular weight excluding hydrogens is 470 g/mol. The minimum absolute atomic E-state index is 0.00113. The van der Waals surface area contributed by atoms with Crippen molar-refractivity contribution in [3.05, 3.63) is 64.5 Å². The van der Waals surface area contributed by atoms with Crippen LogP contribution in [0.5, 0.6) is 0 Å². The molecule has 10 heteroatoms. The maximum Gasteiger partial charge on any atom is 0.435 e. The molecule has 0 amide bonds. The third-order valence-corrected chi connectivity index (χ3v) is 5.96. The van der Waals surface area contributed by atoms with Gasteiger partial charge >= 0.3 is 12.4 Å². The summed E-state index contributed by atoms with van der Waals surface area (Å²) < 4.78 is 85.2. The second kappa shape index (κ2) is 8.89. The van der Waals surface area contributed by atoms with Crippen molar-refractivity contribution in [1.29, 1.82) is 0 Å². The van der Waals surface area contributed by atoms with Gasteiger partial charge in [0.2, 0.25) is 5.78 Å². The van der Waals surface area contributed by atoms with E-state index in [1.54, 1.807) is 35.8 Å². The number of aromatic nitrogens is 3. The first-order valence-corrected chi connectivity index (χ1v) is 11.3. The van der Waals surface area contributed by atoms with E-state index in [4.69, 9.17) is 0 Å². The smallest absolute Gasteiger partial charge is 0.289 e. The van der Waals surface area contributed by atoms with Crippen molar-refractivity contribution in [3.63, 3.8) is 0 Å². The van der Waals surface area contributed by atoms with E-state index in [9.17, 15) is 26.3 Å². The fourth-order valence-electron chi connectivity index (χ4n) is 4.91. The van der Waals surface area contributed by atoms with Crippen LogP contribution in [-0.4, -0.2) is 38.1 Å². The van der Waals surface area contributed by atoms with Crippen LogP contribution < -0.4 is 0 Å². The van der Waals surface area contributed by atoms with E-state index in [-0.39, 0.29) is 18.0 Å². The molecule has 0 spiro atoms. The zero-order valence-electron chi connectivity index (χ0n) is 19.8. The lowest BCUT2D eigenvalue weighted by Crippen LogP contribution is -2.35. The van der Waals surface area contributed by atoms with E-state index in [0.29, 0.717) is 23.1 Å². The van der Waals surface area contributed by atoms with Crippen LogP contribution in [0.25, 0.3) is 22.5 Å². The summed E-state index contributed by atoms with van der Waals surface area (Å²) in [7, 11) is 0. The summed E-state index contributed by atoms with van der Waals surface area (Å²) in [4.78, 5) is 5.00. The van der Waals surface area contributed by atoms with E-state index in [0.717, 1.165) is 21.6 Å². The zero-order valence-corrected chi connectivity index (χ0v) is 19.8. The number of hydrogen-bond acceptors (Lipinski definition) is 2. The summed E-state index contributed by atoms with van der Waals surface area (Å²) in [5.74, 6) is 0.0204. The summed E-state index contributed by atoms with van der Waals surface area (Å²) in [6.45, 7) is 5.53. The quantitative estimate of drug-likeness (QED) is 0.269. The molecule has 0 saturated heterocycles. The van der Waals surface area contributed by atoms with Crippen LogP contribution in [0.3, 0.4) is 0 Å². The normalized spacial score (nSPS) is 13.0. The number of aryl methyl sites for hydroxylation is 3. The number of para-hydroxylation sites is 2. The molecule has 4 nitrogen and oxygen atoms in total. The third-order valence-electron chi connectivity index (χ3n) is 5.96. The SMILES string of the molecule is CCCN(Cc1c(C(F)(F)F)nc2n(-c3c(C)cc(C)cc3C)c3ccccc3n12)CC(F)(F)F. The molecule has 0 unspecified atom stereocenters. The summed E-state index contributed by atoms with van der Waals surface area (Å²) in [5.41, 5.74) is 3.02. The Morgan fingerprint density at radius 2 is 1.51 bits per heavy atom. The molecule has 2 heterocycles. The van der Waals surface area contributed by atoms with Crippen LogP contribution in [0.4, 0.5) is 26.3 Å². The van der Waals surface area contributed by atoms with Gasteiger partial charge in [0.15, 0.2) is 5.69 Å². The Kier molecular flexibility index (Phi) is 6.37. The molecule has 0 N–H and O–H groups in total. The van der Waals surface area contributed by atoms with Gasteiger partial charge in [0, 0.05) is 6.54 Å². The molecule has 0 aliphatic carbocycles. The topological polar surface area (TPSA) is 25.5 Å². The Morgan fingerprint density at radius 1 is 0.914 bits per heavy atom. The largest absolute Gasteiger partial charge is 0.435 e. The predicted octanol–water partition coefficient (Wildman–Crippen LogP) is 7.00. The van der Waals surface area contributed by atoms with Crippen LogP contribution in [0.1, 0.15) is 41.4 Å². The van der Waals surface area contributed by atoms with Gasteiger partial charge in [-0.3, -0.25) is 13.9 Å². The van der Waals surface area contributed by atoms with Crippen molar-refractivity contribution in [2.24, 2.45) is 0 Å². The minimum atomic E-state index is -4.83. The van der Waals surface area contributed by atoms with E-state index >= 15 is 0 Å². The van der Waals surface area contributed by atoms with Crippen molar-refractivity contribution >= 4 is 16.8 Å². The number of imidazole rings is 2. The van der Waals surface area contributed by atoms with E-state index < -0.39 is 31.1 Å². The second-order valence-corrected chi connectivity index (χ2v) is 8.94. The highest BCUT2D eigenvalue weighted by Gasteiger charge is 2.40. The van der Waals surface area contributed by atoms with Gasteiger partial charge in [-0.1, -0.05) is 36.8 Å². The van der Waals surface area contributed by atoms with Crippen LogP contribution in [0.2, 0.25) is 0 Å². The van der Waals surface area contributed by atoms with Gasteiger partial charge in [-0.05, 0) is 57.0 Å². The number of halogens is 6. The fraction of sp³-hybridized carbons (Fsp3) is 0.400. The Bertz CT molecular complexity index is 1350. The highest BCUT2D eigenvalue weighted by molar-refractivity contribution is 5.85. The van der Waals surface area contributed by atoms with Crippen molar-refractivity contribution in [3.8, 4) is 5.69 Å². The van der Waals surface area contributed by atoms with Crippen molar-refractivity contribution < 1.29 is 26.3 Å². The van der Waals surface area contributed by atoms with Gasteiger partial charge in [0.05, 0.1) is 29.0 Å². The van der Waals surface area contributed by atoms with Crippen molar-refractivity contribution in [2.45, 2.75) is 53.0 Å². The summed E-state index contributed by atoms with van der Waals surface area (Å²) >= 11 is 0. The number of nitrogens with zero attached hydrogens (tertiary/aromatic N) is 4. The molecule has 0 bridgehead atoms. The van der Waals surface area contributed by atoms with Crippen LogP contribution in [0, 0.1) is 20.8 Å². The van der Waals surface area contributed by atoms with Gasteiger partial charge in [-0.2, -0.15) is 26.3 Å². The van der Waals surface area contributed by atoms with Crippen LogP contribution in [-0.2, 0) is 12.7 Å². The van der Waals surface area contributed by atoms with Gasteiger partial charge in [-0.25, -0.2) is 4.98 Å². The summed E-state index contributed by atoms with van der Waals surface area (Å²) in [5, 5.41) is 0. The molecule has 0 aliphatic rings. The summed E-state index contributed by atoms with van der Waals surface area (Å²) in [6, 6.07) is 10.8. The number of hydrogen-bond donors (Lipinski definition) is 0. The Labute approximate surface area is 198 Å². The fourth-order valence-corrected chi connectivity index (χ4v) is 4.91. The minimum Gasteiger partial charge on any atom is -0.289 e. The lowest BCUT2D eigenvalue weighted by Gasteiger charge is -2.23. The highest BCUT2D eigenvalue weighted by atomic mass is 19.4. The Morgan fingerprint density at radius 3 is 2.06 bits per heavy atom. The third kappa shape index (κ3) is 4.76. The Hall–Kier alpha value is -3.01. The van der Waals surface area contributed by atoms with Crippen molar-refractivity contribution in [1.82, 2.24) is 18.9 Å². The molecule has 0 aliphatic heterocycles. The second-order valence-electron chi connectivity index (χ2n) is 8.94. The lowest BCUT2D eigenvalue weighted by atomic mass is 10.0. The maximum absolute atomic E-state index is 14.2. The van der Waals surface area contributed by atoms with Crippen LogP contribution in [0.15, 0.2) is 36.4 Å².